The van der Waals surface area contributed by atoms with Crippen molar-refractivity contribution in [3.8, 4) is 11.3 Å². The Morgan fingerprint density at radius 2 is 1.81 bits per heavy atom. The van der Waals surface area contributed by atoms with Crippen molar-refractivity contribution in [1.29, 1.82) is 0 Å². The summed E-state index contributed by atoms with van der Waals surface area (Å²) in [6.45, 7) is 5.05. The summed E-state index contributed by atoms with van der Waals surface area (Å²) in [5, 5.41) is 2.70. The van der Waals surface area contributed by atoms with Crippen molar-refractivity contribution in [1.82, 2.24) is 14.4 Å². The minimum atomic E-state index is -0.758. The van der Waals surface area contributed by atoms with Crippen molar-refractivity contribution >= 4 is 28.8 Å². The first-order valence-corrected chi connectivity index (χ1v) is 11.5. The highest BCUT2D eigenvalue weighted by atomic mass is 19.1. The van der Waals surface area contributed by atoms with Crippen LogP contribution >= 0.6 is 0 Å². The van der Waals surface area contributed by atoms with Crippen molar-refractivity contribution < 1.29 is 18.7 Å². The van der Waals surface area contributed by atoms with Crippen molar-refractivity contribution in [2.24, 2.45) is 5.73 Å². The number of nitrogens with two attached hydrogens (primary N) is 1. The molecule has 3 N–H and O–H groups in total. The SMILES string of the molecule is CC1CN(c2ccc(NC(=O)c3cc(-c4ccccc4)n4cnc(C(N)=O)c4n3)cc2F)CC(C)O1. The lowest BCUT2D eigenvalue weighted by Crippen LogP contribution is -2.45. The fourth-order valence-electron chi connectivity index (χ4n) is 4.50. The van der Waals surface area contributed by atoms with Crippen LogP contribution in [-0.2, 0) is 4.74 Å². The van der Waals surface area contributed by atoms with Crippen molar-refractivity contribution in [3.63, 3.8) is 0 Å². The summed E-state index contributed by atoms with van der Waals surface area (Å²) in [6.07, 6.45) is 1.41. The summed E-state index contributed by atoms with van der Waals surface area (Å²) in [5.41, 5.74) is 7.72. The van der Waals surface area contributed by atoms with E-state index in [1.807, 2.05) is 49.1 Å². The summed E-state index contributed by atoms with van der Waals surface area (Å²) in [4.78, 5) is 35.4. The molecule has 0 radical (unpaired) electrons. The third-order valence-corrected chi connectivity index (χ3v) is 6.00. The summed E-state index contributed by atoms with van der Waals surface area (Å²) < 4.78 is 22.4. The van der Waals surface area contributed by atoms with E-state index in [4.69, 9.17) is 10.5 Å². The molecule has 0 aliphatic carbocycles. The second-order valence-corrected chi connectivity index (χ2v) is 8.83. The molecule has 2 amide bonds. The van der Waals surface area contributed by atoms with E-state index in [0.29, 0.717) is 24.5 Å². The van der Waals surface area contributed by atoms with E-state index in [0.717, 1.165) is 5.56 Å². The molecular weight excluding hydrogens is 463 g/mol. The molecule has 3 heterocycles. The number of hydrogen-bond donors (Lipinski definition) is 2. The number of amides is 2. The highest BCUT2D eigenvalue weighted by Gasteiger charge is 2.25. The van der Waals surface area contributed by atoms with Gasteiger partial charge < -0.3 is 20.7 Å². The Hall–Kier alpha value is -4.31. The van der Waals surface area contributed by atoms with Gasteiger partial charge in [0.25, 0.3) is 11.8 Å². The summed E-state index contributed by atoms with van der Waals surface area (Å²) in [5.74, 6) is -1.77. The Bertz CT molecular complexity index is 1450. The lowest BCUT2D eigenvalue weighted by Gasteiger charge is -2.37. The molecule has 184 valence electrons. The molecule has 36 heavy (non-hydrogen) atoms. The number of benzene rings is 2. The van der Waals surface area contributed by atoms with Gasteiger partial charge in [0.2, 0.25) is 0 Å². The smallest absolute Gasteiger partial charge is 0.274 e. The van der Waals surface area contributed by atoms with Crippen LogP contribution in [0.4, 0.5) is 15.8 Å². The zero-order chi connectivity index (χ0) is 25.4. The molecule has 4 aromatic rings. The zero-order valence-corrected chi connectivity index (χ0v) is 19.8. The van der Waals surface area contributed by atoms with Crippen molar-refractivity contribution in [3.05, 3.63) is 78.1 Å². The number of morpholine rings is 1. The van der Waals surface area contributed by atoms with Crippen LogP contribution in [0.3, 0.4) is 0 Å². The second kappa shape index (κ2) is 9.38. The third-order valence-electron chi connectivity index (χ3n) is 6.00. The molecule has 1 aliphatic heterocycles. The number of anilines is 2. The molecule has 10 heteroatoms. The van der Waals surface area contributed by atoms with Crippen LogP contribution < -0.4 is 16.0 Å². The third kappa shape index (κ3) is 4.50. The molecule has 1 saturated heterocycles. The molecule has 1 fully saturated rings. The van der Waals surface area contributed by atoms with Crippen LogP contribution in [0.15, 0.2) is 60.9 Å². The number of primary amides is 1. The van der Waals surface area contributed by atoms with E-state index < -0.39 is 17.6 Å². The Kier molecular flexibility index (Phi) is 6.11. The minimum absolute atomic E-state index is 0.0128. The maximum absolute atomic E-state index is 15.0. The number of imidazole rings is 1. The number of aromatic nitrogens is 3. The first-order chi connectivity index (χ1) is 17.3. The lowest BCUT2D eigenvalue weighted by atomic mass is 10.1. The number of halogens is 1. The standard InChI is InChI=1S/C26H25FN6O3/c1-15-12-32(13-16(2)36-15)21-9-8-18(10-19(21)27)30-26(35)20-11-22(17-6-4-3-5-7-17)33-14-29-23(24(28)34)25(33)31-20/h3-11,14-16H,12-13H2,1-2H3,(H2,28,34)(H,30,35). The number of nitrogens with one attached hydrogen (secondary N) is 1. The molecule has 0 bridgehead atoms. The Morgan fingerprint density at radius 3 is 2.47 bits per heavy atom. The van der Waals surface area contributed by atoms with Crippen LogP contribution in [0.1, 0.15) is 34.8 Å². The van der Waals surface area contributed by atoms with Crippen LogP contribution in [-0.4, -0.2) is 51.5 Å². The summed E-state index contributed by atoms with van der Waals surface area (Å²) in [7, 11) is 0. The van der Waals surface area contributed by atoms with Gasteiger partial charge in [-0.1, -0.05) is 30.3 Å². The number of hydrogen-bond acceptors (Lipinski definition) is 6. The Balaban J connectivity index is 1.46. The molecule has 1 aliphatic rings. The molecule has 2 atom stereocenters. The number of carbonyl (C=O) groups excluding carboxylic acids is 2. The molecule has 0 saturated carbocycles. The molecule has 2 aromatic carbocycles. The Labute approximate surface area is 206 Å². The van der Waals surface area contributed by atoms with E-state index in [1.54, 1.807) is 22.6 Å². The maximum atomic E-state index is 15.0. The highest BCUT2D eigenvalue weighted by molar-refractivity contribution is 6.05. The van der Waals surface area contributed by atoms with E-state index in [-0.39, 0.29) is 34.9 Å². The van der Waals surface area contributed by atoms with Gasteiger partial charge in [0.1, 0.15) is 17.8 Å². The minimum Gasteiger partial charge on any atom is -0.372 e. The molecule has 9 nitrogen and oxygen atoms in total. The van der Waals surface area contributed by atoms with Gasteiger partial charge in [-0.15, -0.1) is 0 Å². The normalized spacial score (nSPS) is 17.8. The number of rotatable bonds is 5. The predicted molar refractivity (Wildman–Crippen MR) is 134 cm³/mol. The molecule has 5 rings (SSSR count). The maximum Gasteiger partial charge on any atom is 0.274 e. The fourth-order valence-corrected chi connectivity index (χ4v) is 4.50. The van der Waals surface area contributed by atoms with Crippen molar-refractivity contribution in [2.45, 2.75) is 26.1 Å². The van der Waals surface area contributed by atoms with Gasteiger partial charge in [0.05, 0.1) is 23.6 Å². The first kappa shape index (κ1) is 23.4. The monoisotopic (exact) mass is 488 g/mol. The van der Waals surface area contributed by atoms with Gasteiger partial charge in [0, 0.05) is 18.8 Å². The van der Waals surface area contributed by atoms with E-state index in [9.17, 15) is 9.59 Å². The van der Waals surface area contributed by atoms with Gasteiger partial charge in [0.15, 0.2) is 11.3 Å². The molecular formula is C26H25FN6O3. The zero-order valence-electron chi connectivity index (χ0n) is 19.8. The van der Waals surface area contributed by atoms with Crippen LogP contribution in [0, 0.1) is 5.82 Å². The van der Waals surface area contributed by atoms with E-state index in [1.165, 1.54) is 12.4 Å². The second-order valence-electron chi connectivity index (χ2n) is 8.83. The average Bonchev–Trinajstić information content (AvgIpc) is 3.28. The quantitative estimate of drug-likeness (QED) is 0.444. The Morgan fingerprint density at radius 1 is 1.08 bits per heavy atom. The first-order valence-electron chi connectivity index (χ1n) is 11.5. The molecule has 0 spiro atoms. The van der Waals surface area contributed by atoms with Crippen molar-refractivity contribution in [2.75, 3.05) is 23.3 Å². The molecule has 2 unspecified atom stereocenters. The van der Waals surface area contributed by atoms with Gasteiger partial charge >= 0.3 is 0 Å². The molecule has 2 aromatic heterocycles. The van der Waals surface area contributed by atoms with Crippen LogP contribution in [0.5, 0.6) is 0 Å². The number of carbonyl (C=O) groups is 2. The van der Waals surface area contributed by atoms with Gasteiger partial charge in [-0.05, 0) is 43.7 Å². The topological polar surface area (TPSA) is 115 Å². The van der Waals surface area contributed by atoms with Crippen LogP contribution in [0.2, 0.25) is 0 Å². The van der Waals surface area contributed by atoms with E-state index in [2.05, 4.69) is 15.3 Å². The van der Waals surface area contributed by atoms with Crippen LogP contribution in [0.25, 0.3) is 16.9 Å². The highest BCUT2D eigenvalue weighted by Crippen LogP contribution is 2.27. The summed E-state index contributed by atoms with van der Waals surface area (Å²) >= 11 is 0. The van der Waals surface area contributed by atoms with Gasteiger partial charge in [-0.25, -0.2) is 14.4 Å². The lowest BCUT2D eigenvalue weighted by molar-refractivity contribution is -0.00539. The van der Waals surface area contributed by atoms with E-state index >= 15 is 4.39 Å². The largest absolute Gasteiger partial charge is 0.372 e. The van der Waals surface area contributed by atoms with Gasteiger partial charge in [-0.2, -0.15) is 0 Å². The average molecular weight is 489 g/mol. The predicted octanol–water partition coefficient (Wildman–Crippen LogP) is 3.50. The fraction of sp³-hybridized carbons (Fsp3) is 0.231. The number of fused-ring (bicyclic) bond motifs is 1. The van der Waals surface area contributed by atoms with Gasteiger partial charge in [-0.3, -0.25) is 14.0 Å². The number of ether oxygens (including phenoxy) is 1. The number of nitrogens with zero attached hydrogens (tertiary/aromatic N) is 4. The summed E-state index contributed by atoms with van der Waals surface area (Å²) in [6, 6.07) is 15.5.